The van der Waals surface area contributed by atoms with E-state index in [9.17, 15) is 0 Å². The molecule has 0 bridgehead atoms. The first-order valence-corrected chi connectivity index (χ1v) is 4.91. The van der Waals surface area contributed by atoms with Crippen molar-refractivity contribution in [2.24, 2.45) is 12.8 Å². The standard InChI is InChI=1S/C11H15N3/c1-3-9-11-8(7-12)5-4-6-10(11)14(2)13-9/h4-6H,3,7,12H2,1-2H3. The third kappa shape index (κ3) is 1.21. The Hall–Kier alpha value is -1.35. The molecule has 0 spiro atoms. The van der Waals surface area contributed by atoms with E-state index in [1.165, 1.54) is 16.5 Å². The second-order valence-electron chi connectivity index (χ2n) is 3.44. The van der Waals surface area contributed by atoms with Crippen molar-refractivity contribution < 1.29 is 0 Å². The van der Waals surface area contributed by atoms with Crippen LogP contribution in [-0.4, -0.2) is 9.78 Å². The Bertz CT molecular complexity index is 457. The minimum Gasteiger partial charge on any atom is -0.326 e. The molecule has 1 aromatic heterocycles. The first-order chi connectivity index (χ1) is 6.77. The molecule has 3 heteroatoms. The van der Waals surface area contributed by atoms with Gasteiger partial charge in [0, 0.05) is 19.0 Å². The van der Waals surface area contributed by atoms with Crippen molar-refractivity contribution in [3.05, 3.63) is 29.5 Å². The summed E-state index contributed by atoms with van der Waals surface area (Å²) in [5, 5.41) is 5.71. The number of benzene rings is 1. The maximum atomic E-state index is 5.71. The van der Waals surface area contributed by atoms with Crippen molar-refractivity contribution in [3.8, 4) is 0 Å². The molecule has 0 atom stereocenters. The summed E-state index contributed by atoms with van der Waals surface area (Å²) in [6.07, 6.45) is 0.953. The zero-order chi connectivity index (χ0) is 10.1. The molecule has 0 aliphatic carbocycles. The van der Waals surface area contributed by atoms with Crippen LogP contribution >= 0.6 is 0 Å². The molecule has 1 aromatic carbocycles. The molecule has 0 amide bonds. The van der Waals surface area contributed by atoms with Gasteiger partial charge in [0.1, 0.15) is 0 Å². The van der Waals surface area contributed by atoms with E-state index in [4.69, 9.17) is 5.73 Å². The second-order valence-corrected chi connectivity index (χ2v) is 3.44. The predicted molar refractivity (Wildman–Crippen MR) is 58.0 cm³/mol. The van der Waals surface area contributed by atoms with Gasteiger partial charge >= 0.3 is 0 Å². The van der Waals surface area contributed by atoms with Gasteiger partial charge in [0.15, 0.2) is 0 Å². The second kappa shape index (κ2) is 3.42. The van der Waals surface area contributed by atoms with Gasteiger partial charge in [0.25, 0.3) is 0 Å². The smallest absolute Gasteiger partial charge is 0.0703 e. The molecule has 0 aliphatic rings. The number of hydrogen-bond donors (Lipinski definition) is 1. The summed E-state index contributed by atoms with van der Waals surface area (Å²) in [6, 6.07) is 6.19. The molecule has 1 heterocycles. The van der Waals surface area contributed by atoms with Crippen molar-refractivity contribution >= 4 is 10.9 Å². The van der Waals surface area contributed by atoms with Crippen molar-refractivity contribution in [2.75, 3.05) is 0 Å². The molecular weight excluding hydrogens is 174 g/mol. The first-order valence-electron chi connectivity index (χ1n) is 4.91. The first kappa shape index (κ1) is 9.21. The third-order valence-electron chi connectivity index (χ3n) is 2.59. The number of fused-ring (bicyclic) bond motifs is 1. The van der Waals surface area contributed by atoms with E-state index in [0.29, 0.717) is 6.54 Å². The predicted octanol–water partition coefficient (Wildman–Crippen LogP) is 1.59. The highest BCUT2D eigenvalue weighted by Crippen LogP contribution is 2.22. The number of aromatic nitrogens is 2. The van der Waals surface area contributed by atoms with Crippen LogP contribution in [-0.2, 0) is 20.0 Å². The van der Waals surface area contributed by atoms with Crippen LogP contribution in [0.1, 0.15) is 18.2 Å². The molecular formula is C11H15N3. The van der Waals surface area contributed by atoms with E-state index < -0.39 is 0 Å². The maximum absolute atomic E-state index is 5.71. The number of aryl methyl sites for hydroxylation is 2. The minimum atomic E-state index is 0.579. The molecule has 0 aliphatic heterocycles. The molecule has 0 saturated carbocycles. The van der Waals surface area contributed by atoms with Gasteiger partial charge in [-0.25, -0.2) is 0 Å². The van der Waals surface area contributed by atoms with Gasteiger partial charge in [-0.15, -0.1) is 0 Å². The molecule has 0 fully saturated rings. The third-order valence-corrected chi connectivity index (χ3v) is 2.59. The fraction of sp³-hybridized carbons (Fsp3) is 0.364. The molecule has 14 heavy (non-hydrogen) atoms. The Kier molecular flexibility index (Phi) is 2.25. The van der Waals surface area contributed by atoms with Crippen LogP contribution in [0.4, 0.5) is 0 Å². The van der Waals surface area contributed by atoms with E-state index >= 15 is 0 Å². The van der Waals surface area contributed by atoms with Crippen molar-refractivity contribution in [3.63, 3.8) is 0 Å². The van der Waals surface area contributed by atoms with E-state index in [1.54, 1.807) is 0 Å². The average molecular weight is 189 g/mol. The number of nitrogens with zero attached hydrogens (tertiary/aromatic N) is 2. The van der Waals surface area contributed by atoms with Crippen LogP contribution in [0.15, 0.2) is 18.2 Å². The van der Waals surface area contributed by atoms with Gasteiger partial charge in [-0.2, -0.15) is 5.10 Å². The van der Waals surface area contributed by atoms with Crippen LogP contribution in [0.25, 0.3) is 10.9 Å². The van der Waals surface area contributed by atoms with Gasteiger partial charge in [0.05, 0.1) is 11.2 Å². The van der Waals surface area contributed by atoms with Gasteiger partial charge in [-0.05, 0) is 18.1 Å². The van der Waals surface area contributed by atoms with Crippen molar-refractivity contribution in [2.45, 2.75) is 19.9 Å². The van der Waals surface area contributed by atoms with Crippen LogP contribution in [0.5, 0.6) is 0 Å². The zero-order valence-corrected chi connectivity index (χ0v) is 8.62. The van der Waals surface area contributed by atoms with Gasteiger partial charge in [0.2, 0.25) is 0 Å². The zero-order valence-electron chi connectivity index (χ0n) is 8.62. The normalized spacial score (nSPS) is 11.1. The summed E-state index contributed by atoms with van der Waals surface area (Å²) in [4.78, 5) is 0. The molecule has 0 saturated heterocycles. The highest BCUT2D eigenvalue weighted by atomic mass is 15.3. The lowest BCUT2D eigenvalue weighted by molar-refractivity contribution is 0.770. The van der Waals surface area contributed by atoms with Gasteiger partial charge in [-0.3, -0.25) is 4.68 Å². The van der Waals surface area contributed by atoms with E-state index in [2.05, 4.69) is 24.2 Å². The maximum Gasteiger partial charge on any atom is 0.0703 e. The van der Waals surface area contributed by atoms with Crippen LogP contribution in [0.3, 0.4) is 0 Å². The summed E-state index contributed by atoms with van der Waals surface area (Å²) in [7, 11) is 1.97. The fourth-order valence-corrected chi connectivity index (χ4v) is 1.89. The number of rotatable bonds is 2. The van der Waals surface area contributed by atoms with E-state index in [1.807, 2.05) is 17.8 Å². The SMILES string of the molecule is CCc1nn(C)c2cccc(CN)c12. The Morgan fingerprint density at radius 2 is 2.21 bits per heavy atom. The lowest BCUT2D eigenvalue weighted by Gasteiger charge is -2.00. The summed E-state index contributed by atoms with van der Waals surface area (Å²) < 4.78 is 1.92. The highest BCUT2D eigenvalue weighted by Gasteiger charge is 2.09. The number of hydrogen-bond acceptors (Lipinski definition) is 2. The quantitative estimate of drug-likeness (QED) is 0.779. The molecule has 0 radical (unpaired) electrons. The molecule has 0 unspecified atom stereocenters. The van der Waals surface area contributed by atoms with Gasteiger partial charge in [-0.1, -0.05) is 19.1 Å². The average Bonchev–Trinajstić information content (AvgIpc) is 2.56. The summed E-state index contributed by atoms with van der Waals surface area (Å²) >= 11 is 0. The van der Waals surface area contributed by atoms with Crippen molar-refractivity contribution in [1.29, 1.82) is 0 Å². The fourth-order valence-electron chi connectivity index (χ4n) is 1.89. The van der Waals surface area contributed by atoms with E-state index in [-0.39, 0.29) is 0 Å². The molecule has 3 nitrogen and oxygen atoms in total. The topological polar surface area (TPSA) is 43.8 Å². The molecule has 2 N–H and O–H groups in total. The monoisotopic (exact) mass is 189 g/mol. The molecule has 2 aromatic rings. The minimum absolute atomic E-state index is 0.579. The lowest BCUT2D eigenvalue weighted by atomic mass is 10.1. The van der Waals surface area contributed by atoms with E-state index in [0.717, 1.165) is 12.1 Å². The number of nitrogens with two attached hydrogens (primary N) is 1. The Labute approximate surface area is 83.5 Å². The molecule has 74 valence electrons. The summed E-state index contributed by atoms with van der Waals surface area (Å²) in [5.41, 5.74) is 9.21. The Morgan fingerprint density at radius 1 is 1.43 bits per heavy atom. The Morgan fingerprint density at radius 3 is 2.86 bits per heavy atom. The van der Waals surface area contributed by atoms with Crippen LogP contribution in [0.2, 0.25) is 0 Å². The van der Waals surface area contributed by atoms with Crippen LogP contribution in [0, 0.1) is 0 Å². The highest BCUT2D eigenvalue weighted by molar-refractivity contribution is 5.85. The van der Waals surface area contributed by atoms with Crippen LogP contribution < -0.4 is 5.73 Å². The Balaban J connectivity index is 2.82. The van der Waals surface area contributed by atoms with Crippen molar-refractivity contribution in [1.82, 2.24) is 9.78 Å². The molecule has 2 rings (SSSR count). The summed E-state index contributed by atoms with van der Waals surface area (Å²) in [5.74, 6) is 0. The summed E-state index contributed by atoms with van der Waals surface area (Å²) in [6.45, 7) is 2.70. The largest absolute Gasteiger partial charge is 0.326 e. The van der Waals surface area contributed by atoms with Gasteiger partial charge < -0.3 is 5.73 Å². The lowest BCUT2D eigenvalue weighted by Crippen LogP contribution is -1.97.